The molecule has 0 saturated heterocycles. The van der Waals surface area contributed by atoms with Crippen LogP contribution in [0, 0.1) is 11.3 Å². The number of Topliss-reactive ketones (excluding diaryl/α,β-unsaturated/α-hetero) is 1. The zero-order valence-corrected chi connectivity index (χ0v) is 15.0. The van der Waals surface area contributed by atoms with Crippen molar-refractivity contribution in [2.75, 3.05) is 14.2 Å². The largest absolute Gasteiger partial charge is 0.493 e. The molecule has 1 unspecified atom stereocenters. The highest BCUT2D eigenvalue weighted by Gasteiger charge is 2.25. The van der Waals surface area contributed by atoms with Gasteiger partial charge in [-0.2, -0.15) is 0 Å². The summed E-state index contributed by atoms with van der Waals surface area (Å²) in [4.78, 5) is 12.8. The average molecular weight is 341 g/mol. The van der Waals surface area contributed by atoms with Crippen molar-refractivity contribution in [2.45, 2.75) is 20.5 Å². The summed E-state index contributed by atoms with van der Waals surface area (Å²) >= 11 is 0. The van der Waals surface area contributed by atoms with E-state index in [0.717, 1.165) is 5.56 Å². The number of ketones is 1. The molecule has 0 aliphatic heterocycles. The molecule has 5 nitrogen and oxygen atoms in total. The summed E-state index contributed by atoms with van der Waals surface area (Å²) < 4.78 is 16.7. The highest BCUT2D eigenvalue weighted by molar-refractivity contribution is 6.12. The Hall–Kier alpha value is -2.82. The minimum Gasteiger partial charge on any atom is -0.493 e. The number of benzene rings is 2. The number of nitrogens with one attached hydrogen (secondary N) is 1. The number of carbonyl (C=O) groups is 1. The Morgan fingerprint density at radius 3 is 2.28 bits per heavy atom. The smallest absolute Gasteiger partial charge is 0.204 e. The predicted octanol–water partition coefficient (Wildman–Crippen LogP) is 4.14. The highest BCUT2D eigenvalue weighted by Crippen LogP contribution is 2.41. The van der Waals surface area contributed by atoms with E-state index in [1.165, 1.54) is 14.2 Å². The first kappa shape index (κ1) is 18.5. The normalized spacial score (nSPS) is 11.5. The van der Waals surface area contributed by atoms with Gasteiger partial charge in [-0.25, -0.2) is 0 Å². The van der Waals surface area contributed by atoms with E-state index in [4.69, 9.17) is 19.6 Å². The lowest BCUT2D eigenvalue weighted by Gasteiger charge is -2.18. The topological polar surface area (TPSA) is 68.6 Å². The first-order chi connectivity index (χ1) is 12.0. The van der Waals surface area contributed by atoms with Crippen LogP contribution in [0.25, 0.3) is 0 Å². The zero-order chi connectivity index (χ0) is 18.4. The molecular formula is C20H23NO4. The van der Waals surface area contributed by atoms with Crippen molar-refractivity contribution < 1.29 is 19.0 Å². The molecule has 0 aromatic heterocycles. The summed E-state index contributed by atoms with van der Waals surface area (Å²) in [5.41, 5.74) is 1.66. The van der Waals surface area contributed by atoms with Crippen LogP contribution in [0.2, 0.25) is 0 Å². The molecule has 0 fully saturated rings. The molecule has 2 rings (SSSR count). The average Bonchev–Trinajstić information content (AvgIpc) is 2.64. The van der Waals surface area contributed by atoms with Crippen molar-refractivity contribution in [3.05, 3.63) is 53.6 Å². The molecule has 0 saturated carbocycles. The molecule has 0 spiro atoms. The molecule has 132 valence electrons. The van der Waals surface area contributed by atoms with Crippen LogP contribution in [0.1, 0.15) is 29.8 Å². The minimum absolute atomic E-state index is 0.184. The Morgan fingerprint density at radius 2 is 1.72 bits per heavy atom. The van der Waals surface area contributed by atoms with Gasteiger partial charge in [0.1, 0.15) is 6.61 Å². The van der Waals surface area contributed by atoms with E-state index >= 15 is 0 Å². The van der Waals surface area contributed by atoms with Crippen molar-refractivity contribution in [2.24, 2.45) is 5.92 Å². The highest BCUT2D eigenvalue weighted by atomic mass is 16.5. The number of hydrogen-bond acceptors (Lipinski definition) is 5. The van der Waals surface area contributed by atoms with Crippen LogP contribution in [0.5, 0.6) is 17.2 Å². The SMILES string of the molecule is COc1ccc(C(=O)C(C)C(C)=N)c(OCc2ccccc2)c1OC. The lowest BCUT2D eigenvalue weighted by Crippen LogP contribution is -2.19. The molecule has 25 heavy (non-hydrogen) atoms. The maximum atomic E-state index is 12.8. The second-order valence-corrected chi connectivity index (χ2v) is 5.72. The lowest BCUT2D eigenvalue weighted by molar-refractivity contribution is 0.0955. The Balaban J connectivity index is 2.44. The van der Waals surface area contributed by atoms with Gasteiger partial charge in [-0.1, -0.05) is 30.3 Å². The second-order valence-electron chi connectivity index (χ2n) is 5.72. The minimum atomic E-state index is -0.530. The van der Waals surface area contributed by atoms with Crippen LogP contribution in [0.4, 0.5) is 0 Å². The van der Waals surface area contributed by atoms with Crippen molar-refractivity contribution in [3.8, 4) is 17.2 Å². The van der Waals surface area contributed by atoms with Gasteiger partial charge in [0.2, 0.25) is 5.75 Å². The van der Waals surface area contributed by atoms with E-state index in [0.29, 0.717) is 35.1 Å². The standard InChI is InChI=1S/C20H23NO4/c1-13(14(2)21)18(22)16-10-11-17(23-3)20(24-4)19(16)25-12-15-8-6-5-7-9-15/h5-11,13,21H,12H2,1-4H3. The zero-order valence-electron chi connectivity index (χ0n) is 15.0. The molecule has 1 atom stereocenters. The lowest BCUT2D eigenvalue weighted by atomic mass is 9.94. The molecule has 1 N–H and O–H groups in total. The summed E-state index contributed by atoms with van der Waals surface area (Å²) in [6.45, 7) is 3.62. The van der Waals surface area contributed by atoms with Crippen LogP contribution < -0.4 is 14.2 Å². The number of rotatable bonds is 8. The Bertz CT molecular complexity index is 756. The number of carbonyl (C=O) groups excluding carboxylic acids is 1. The van der Waals surface area contributed by atoms with Gasteiger partial charge in [0, 0.05) is 5.71 Å². The van der Waals surface area contributed by atoms with Crippen LogP contribution in [-0.4, -0.2) is 25.7 Å². The fourth-order valence-corrected chi connectivity index (χ4v) is 2.40. The summed E-state index contributed by atoms with van der Waals surface area (Å²) in [6.07, 6.45) is 0. The summed E-state index contributed by atoms with van der Waals surface area (Å²) in [5, 5.41) is 7.75. The van der Waals surface area contributed by atoms with E-state index in [-0.39, 0.29) is 5.78 Å². The molecule has 0 aliphatic carbocycles. The summed E-state index contributed by atoms with van der Waals surface area (Å²) in [6, 6.07) is 13.0. The molecule has 5 heteroatoms. The maximum Gasteiger partial charge on any atom is 0.204 e. The van der Waals surface area contributed by atoms with Crippen LogP contribution in [0.3, 0.4) is 0 Å². The van der Waals surface area contributed by atoms with Crippen molar-refractivity contribution in [1.29, 1.82) is 5.41 Å². The van der Waals surface area contributed by atoms with E-state index in [2.05, 4.69) is 0 Å². The third-order valence-electron chi connectivity index (χ3n) is 4.03. The van der Waals surface area contributed by atoms with E-state index in [1.54, 1.807) is 26.0 Å². The quantitative estimate of drug-likeness (QED) is 0.579. The molecule has 0 aliphatic rings. The van der Waals surface area contributed by atoms with Crippen LogP contribution in [0.15, 0.2) is 42.5 Å². The second kappa shape index (κ2) is 8.33. The van der Waals surface area contributed by atoms with Gasteiger partial charge in [0.05, 0.1) is 25.7 Å². The van der Waals surface area contributed by atoms with E-state index in [9.17, 15) is 4.79 Å². The number of hydrogen-bond donors (Lipinski definition) is 1. The molecule has 0 radical (unpaired) electrons. The molecular weight excluding hydrogens is 318 g/mol. The first-order valence-corrected chi connectivity index (χ1v) is 8.00. The Labute approximate surface area is 148 Å². The van der Waals surface area contributed by atoms with E-state index < -0.39 is 5.92 Å². The third kappa shape index (κ3) is 4.18. The van der Waals surface area contributed by atoms with E-state index in [1.807, 2.05) is 30.3 Å². The third-order valence-corrected chi connectivity index (χ3v) is 4.03. The molecule has 0 bridgehead atoms. The Kier molecular flexibility index (Phi) is 6.17. The fraction of sp³-hybridized carbons (Fsp3) is 0.300. The summed E-state index contributed by atoms with van der Waals surface area (Å²) in [7, 11) is 3.04. The van der Waals surface area contributed by atoms with Gasteiger partial charge in [0.25, 0.3) is 0 Å². The predicted molar refractivity (Wildman–Crippen MR) is 97.2 cm³/mol. The molecule has 0 heterocycles. The van der Waals surface area contributed by atoms with Gasteiger partial charge < -0.3 is 19.6 Å². The van der Waals surface area contributed by atoms with Crippen molar-refractivity contribution >= 4 is 11.5 Å². The van der Waals surface area contributed by atoms with Crippen molar-refractivity contribution in [1.82, 2.24) is 0 Å². The number of ether oxygens (including phenoxy) is 3. The van der Waals surface area contributed by atoms with Gasteiger partial charge in [0.15, 0.2) is 17.3 Å². The molecule has 2 aromatic carbocycles. The fourth-order valence-electron chi connectivity index (χ4n) is 2.40. The first-order valence-electron chi connectivity index (χ1n) is 8.00. The maximum absolute atomic E-state index is 12.8. The Morgan fingerprint density at radius 1 is 1.04 bits per heavy atom. The van der Waals surface area contributed by atoms with Crippen molar-refractivity contribution in [3.63, 3.8) is 0 Å². The van der Waals surface area contributed by atoms with Crippen LogP contribution in [-0.2, 0) is 6.61 Å². The van der Waals surface area contributed by atoms with Gasteiger partial charge >= 0.3 is 0 Å². The molecule has 2 aromatic rings. The number of methoxy groups -OCH3 is 2. The molecule has 0 amide bonds. The van der Waals surface area contributed by atoms with Gasteiger partial charge in [-0.15, -0.1) is 0 Å². The van der Waals surface area contributed by atoms with Crippen LogP contribution >= 0.6 is 0 Å². The van der Waals surface area contributed by atoms with Gasteiger partial charge in [-0.05, 0) is 31.5 Å². The summed E-state index contributed by atoms with van der Waals surface area (Å²) in [5.74, 6) is 0.484. The van der Waals surface area contributed by atoms with Gasteiger partial charge in [-0.3, -0.25) is 4.79 Å². The monoisotopic (exact) mass is 341 g/mol.